The van der Waals surface area contributed by atoms with Crippen LogP contribution >= 0.6 is 0 Å². The predicted octanol–water partition coefficient (Wildman–Crippen LogP) is 0.903. The summed E-state index contributed by atoms with van der Waals surface area (Å²) in [5.74, 6) is 2.60. The Morgan fingerprint density at radius 1 is 1.33 bits per heavy atom. The number of aliphatic hydroxyl groups is 1. The Balaban J connectivity index is 2.06. The molecule has 0 spiro atoms. The van der Waals surface area contributed by atoms with Gasteiger partial charge in [-0.25, -0.2) is 0 Å². The van der Waals surface area contributed by atoms with Crippen molar-refractivity contribution in [2.45, 2.75) is 44.2 Å². The lowest BCUT2D eigenvalue weighted by Crippen LogP contribution is -2.34. The number of nitrogens with one attached hydrogen (secondary N) is 1. The summed E-state index contributed by atoms with van der Waals surface area (Å²) in [5.41, 5.74) is 0. The second-order valence-electron chi connectivity index (χ2n) is 3.41. The first kappa shape index (κ1) is 9.57. The van der Waals surface area contributed by atoms with Gasteiger partial charge in [0.05, 0.1) is 6.10 Å². The van der Waals surface area contributed by atoms with Crippen molar-refractivity contribution in [2.24, 2.45) is 0 Å². The fourth-order valence-electron chi connectivity index (χ4n) is 1.63. The van der Waals surface area contributed by atoms with Crippen molar-refractivity contribution in [3.8, 4) is 12.3 Å². The summed E-state index contributed by atoms with van der Waals surface area (Å²) < 4.78 is 0. The Morgan fingerprint density at radius 3 is 2.58 bits per heavy atom. The van der Waals surface area contributed by atoms with E-state index < -0.39 is 0 Å². The summed E-state index contributed by atoms with van der Waals surface area (Å²) in [5, 5.41) is 12.6. The SMILES string of the molecule is C#CCCNC1CCC(O)CC1. The molecule has 0 aromatic rings. The molecule has 1 aliphatic rings. The lowest BCUT2D eigenvalue weighted by atomic mass is 9.93. The Kier molecular flexibility index (Phi) is 4.13. The van der Waals surface area contributed by atoms with E-state index in [0.717, 1.165) is 38.6 Å². The van der Waals surface area contributed by atoms with Crippen LogP contribution in [0.5, 0.6) is 0 Å². The molecule has 0 aliphatic heterocycles. The third kappa shape index (κ3) is 3.25. The second-order valence-corrected chi connectivity index (χ2v) is 3.41. The van der Waals surface area contributed by atoms with Gasteiger partial charge in [-0.2, -0.15) is 0 Å². The van der Waals surface area contributed by atoms with Gasteiger partial charge in [0.15, 0.2) is 0 Å². The quantitative estimate of drug-likeness (QED) is 0.483. The van der Waals surface area contributed by atoms with Gasteiger partial charge >= 0.3 is 0 Å². The standard InChI is InChI=1S/C10H17NO/c1-2-3-8-11-9-4-6-10(12)7-5-9/h1,9-12H,3-8H2. The number of rotatable bonds is 3. The molecule has 0 unspecified atom stereocenters. The maximum Gasteiger partial charge on any atom is 0.0541 e. The molecule has 0 saturated heterocycles. The smallest absolute Gasteiger partial charge is 0.0541 e. The van der Waals surface area contributed by atoms with Gasteiger partial charge < -0.3 is 10.4 Å². The Bertz CT molecular complexity index is 154. The summed E-state index contributed by atoms with van der Waals surface area (Å²) in [6, 6.07) is 0.585. The zero-order valence-electron chi connectivity index (χ0n) is 7.42. The van der Waals surface area contributed by atoms with Gasteiger partial charge in [-0.05, 0) is 25.7 Å². The molecule has 1 aliphatic carbocycles. The van der Waals surface area contributed by atoms with Gasteiger partial charge in [0.25, 0.3) is 0 Å². The molecule has 0 bridgehead atoms. The van der Waals surface area contributed by atoms with Crippen molar-refractivity contribution in [3.63, 3.8) is 0 Å². The van der Waals surface area contributed by atoms with Crippen LogP contribution in [0.15, 0.2) is 0 Å². The van der Waals surface area contributed by atoms with Crippen LogP contribution in [0.4, 0.5) is 0 Å². The van der Waals surface area contributed by atoms with Crippen LogP contribution in [0, 0.1) is 12.3 Å². The van der Waals surface area contributed by atoms with Gasteiger partial charge in [-0.3, -0.25) is 0 Å². The van der Waals surface area contributed by atoms with Crippen LogP contribution in [0.25, 0.3) is 0 Å². The number of terminal acetylenes is 1. The van der Waals surface area contributed by atoms with Crippen LogP contribution in [-0.4, -0.2) is 23.8 Å². The first-order chi connectivity index (χ1) is 5.83. The maximum atomic E-state index is 9.24. The molecule has 0 aromatic heterocycles. The Labute approximate surface area is 74.4 Å². The maximum absolute atomic E-state index is 9.24. The normalized spacial score (nSPS) is 29.7. The zero-order chi connectivity index (χ0) is 8.81. The van der Waals surface area contributed by atoms with E-state index in [4.69, 9.17) is 6.42 Å². The summed E-state index contributed by atoms with van der Waals surface area (Å²) in [4.78, 5) is 0. The molecular weight excluding hydrogens is 150 g/mol. The average Bonchev–Trinajstić information content (AvgIpc) is 2.09. The molecule has 2 nitrogen and oxygen atoms in total. The molecule has 12 heavy (non-hydrogen) atoms. The summed E-state index contributed by atoms with van der Waals surface area (Å²) >= 11 is 0. The highest BCUT2D eigenvalue weighted by Gasteiger charge is 2.17. The topological polar surface area (TPSA) is 32.3 Å². The van der Waals surface area contributed by atoms with E-state index in [2.05, 4.69) is 11.2 Å². The molecular formula is C10H17NO. The van der Waals surface area contributed by atoms with E-state index in [0.29, 0.717) is 6.04 Å². The molecule has 0 radical (unpaired) electrons. The number of hydrogen-bond donors (Lipinski definition) is 2. The predicted molar refractivity (Wildman–Crippen MR) is 49.7 cm³/mol. The highest BCUT2D eigenvalue weighted by atomic mass is 16.3. The highest BCUT2D eigenvalue weighted by molar-refractivity contribution is 4.85. The molecule has 1 rings (SSSR count). The van der Waals surface area contributed by atoms with E-state index in [9.17, 15) is 5.11 Å². The van der Waals surface area contributed by atoms with Gasteiger partial charge in [-0.15, -0.1) is 12.3 Å². The van der Waals surface area contributed by atoms with E-state index in [1.807, 2.05) is 0 Å². The third-order valence-corrected chi connectivity index (χ3v) is 2.40. The Morgan fingerprint density at radius 2 is 2.00 bits per heavy atom. The number of hydrogen-bond acceptors (Lipinski definition) is 2. The van der Waals surface area contributed by atoms with Crippen molar-refractivity contribution in [1.29, 1.82) is 0 Å². The fourth-order valence-corrected chi connectivity index (χ4v) is 1.63. The molecule has 1 fully saturated rings. The molecule has 0 amide bonds. The largest absolute Gasteiger partial charge is 0.393 e. The van der Waals surface area contributed by atoms with Gasteiger partial charge in [-0.1, -0.05) is 0 Å². The van der Waals surface area contributed by atoms with Crippen molar-refractivity contribution >= 4 is 0 Å². The molecule has 2 heteroatoms. The lowest BCUT2D eigenvalue weighted by Gasteiger charge is -2.25. The minimum absolute atomic E-state index is 0.0596. The van der Waals surface area contributed by atoms with Crippen molar-refractivity contribution in [2.75, 3.05) is 6.54 Å². The zero-order valence-corrected chi connectivity index (χ0v) is 7.42. The van der Waals surface area contributed by atoms with E-state index in [-0.39, 0.29) is 6.10 Å². The lowest BCUT2D eigenvalue weighted by molar-refractivity contribution is 0.117. The van der Waals surface area contributed by atoms with Crippen LogP contribution in [0.2, 0.25) is 0 Å². The molecule has 0 atom stereocenters. The molecule has 2 N–H and O–H groups in total. The number of aliphatic hydroxyl groups excluding tert-OH is 1. The molecule has 68 valence electrons. The van der Waals surface area contributed by atoms with Gasteiger partial charge in [0, 0.05) is 19.0 Å². The minimum Gasteiger partial charge on any atom is -0.393 e. The van der Waals surface area contributed by atoms with Crippen molar-refractivity contribution in [3.05, 3.63) is 0 Å². The first-order valence-corrected chi connectivity index (χ1v) is 4.68. The van der Waals surface area contributed by atoms with Crippen molar-refractivity contribution < 1.29 is 5.11 Å². The highest BCUT2D eigenvalue weighted by Crippen LogP contribution is 2.17. The van der Waals surface area contributed by atoms with Crippen LogP contribution in [-0.2, 0) is 0 Å². The van der Waals surface area contributed by atoms with Gasteiger partial charge in [0.1, 0.15) is 0 Å². The van der Waals surface area contributed by atoms with Crippen LogP contribution in [0.1, 0.15) is 32.1 Å². The second kappa shape index (κ2) is 5.18. The van der Waals surface area contributed by atoms with Gasteiger partial charge in [0.2, 0.25) is 0 Å². The summed E-state index contributed by atoms with van der Waals surface area (Å²) in [7, 11) is 0. The first-order valence-electron chi connectivity index (χ1n) is 4.68. The van der Waals surface area contributed by atoms with E-state index >= 15 is 0 Å². The molecule has 1 saturated carbocycles. The van der Waals surface area contributed by atoms with E-state index in [1.54, 1.807) is 0 Å². The minimum atomic E-state index is -0.0596. The summed E-state index contributed by atoms with van der Waals surface area (Å²) in [6.45, 7) is 0.914. The molecule has 0 aromatic carbocycles. The van der Waals surface area contributed by atoms with Crippen molar-refractivity contribution in [1.82, 2.24) is 5.32 Å². The average molecular weight is 167 g/mol. The fraction of sp³-hybridized carbons (Fsp3) is 0.800. The monoisotopic (exact) mass is 167 g/mol. The Hall–Kier alpha value is -0.520. The van der Waals surface area contributed by atoms with E-state index in [1.165, 1.54) is 0 Å². The third-order valence-electron chi connectivity index (χ3n) is 2.40. The molecule has 0 heterocycles. The van der Waals surface area contributed by atoms with Crippen LogP contribution in [0.3, 0.4) is 0 Å². The van der Waals surface area contributed by atoms with Crippen LogP contribution < -0.4 is 5.32 Å². The summed E-state index contributed by atoms with van der Waals surface area (Å²) in [6.07, 6.45) is 9.94.